The zero-order valence-electron chi connectivity index (χ0n) is 10.8. The van der Waals surface area contributed by atoms with Crippen LogP contribution in [0.1, 0.15) is 18.4 Å². The van der Waals surface area contributed by atoms with Crippen LogP contribution in [0.15, 0.2) is 35.8 Å². The summed E-state index contributed by atoms with van der Waals surface area (Å²) in [5.41, 5.74) is 0.696. The van der Waals surface area contributed by atoms with Crippen LogP contribution in [0.3, 0.4) is 0 Å². The molecule has 3 rings (SSSR count). The molecule has 5 nitrogen and oxygen atoms in total. The first-order valence-corrected chi connectivity index (χ1v) is 6.55. The first-order chi connectivity index (χ1) is 9.54. The van der Waals surface area contributed by atoms with Crippen molar-refractivity contribution in [1.82, 2.24) is 0 Å². The molecule has 0 fully saturated rings. The SMILES string of the molecule is OC1=C(O)CC([C@@H]2CCc3c(O)cc(O)cc3O2)C=C1. The fourth-order valence-electron chi connectivity index (χ4n) is 2.75. The van der Waals surface area contributed by atoms with Crippen molar-refractivity contribution in [3.63, 3.8) is 0 Å². The van der Waals surface area contributed by atoms with E-state index in [4.69, 9.17) is 4.74 Å². The molecule has 106 valence electrons. The average Bonchev–Trinajstić information content (AvgIpc) is 2.41. The number of ether oxygens (including phenoxy) is 1. The predicted octanol–water partition coefficient (Wildman–Crippen LogP) is 2.70. The van der Waals surface area contributed by atoms with Crippen LogP contribution in [0.2, 0.25) is 0 Å². The maximum absolute atomic E-state index is 9.78. The smallest absolute Gasteiger partial charge is 0.152 e. The molecule has 5 heteroatoms. The molecule has 0 saturated carbocycles. The van der Waals surface area contributed by atoms with Gasteiger partial charge in [-0.1, -0.05) is 6.08 Å². The second kappa shape index (κ2) is 4.67. The van der Waals surface area contributed by atoms with Gasteiger partial charge in [-0.3, -0.25) is 0 Å². The predicted molar refractivity (Wildman–Crippen MR) is 72.0 cm³/mol. The maximum Gasteiger partial charge on any atom is 0.152 e. The van der Waals surface area contributed by atoms with Crippen LogP contribution in [0.4, 0.5) is 0 Å². The molecule has 2 aliphatic rings. The van der Waals surface area contributed by atoms with E-state index in [2.05, 4.69) is 0 Å². The number of phenols is 2. The number of aliphatic hydroxyl groups is 2. The van der Waals surface area contributed by atoms with Gasteiger partial charge in [0.2, 0.25) is 0 Å². The Bertz CT molecular complexity index is 603. The molecule has 1 aromatic rings. The van der Waals surface area contributed by atoms with E-state index in [1.807, 2.05) is 6.08 Å². The highest BCUT2D eigenvalue weighted by Crippen LogP contribution is 2.40. The van der Waals surface area contributed by atoms with Crippen LogP contribution in [-0.4, -0.2) is 26.5 Å². The summed E-state index contributed by atoms with van der Waals surface area (Å²) in [4.78, 5) is 0. The highest BCUT2D eigenvalue weighted by molar-refractivity contribution is 5.50. The largest absolute Gasteiger partial charge is 0.508 e. The van der Waals surface area contributed by atoms with Gasteiger partial charge in [-0.2, -0.15) is 0 Å². The highest BCUT2D eigenvalue weighted by Gasteiger charge is 2.30. The van der Waals surface area contributed by atoms with Gasteiger partial charge < -0.3 is 25.2 Å². The molecule has 1 aliphatic carbocycles. The summed E-state index contributed by atoms with van der Waals surface area (Å²) in [5, 5.41) is 38.2. The first-order valence-electron chi connectivity index (χ1n) is 6.55. The van der Waals surface area contributed by atoms with Crippen LogP contribution in [0.5, 0.6) is 17.2 Å². The van der Waals surface area contributed by atoms with E-state index >= 15 is 0 Å². The van der Waals surface area contributed by atoms with Crippen molar-refractivity contribution in [2.75, 3.05) is 0 Å². The van der Waals surface area contributed by atoms with Crippen molar-refractivity contribution in [1.29, 1.82) is 0 Å². The standard InChI is InChI=1S/C15H16O5/c16-9-6-12(18)10-2-4-14(20-15(10)7-9)8-1-3-11(17)13(19)5-8/h1,3,6-8,14,16-19H,2,4-5H2/t8?,14-/m0/s1. The van der Waals surface area contributed by atoms with E-state index < -0.39 is 0 Å². The molecular formula is C15H16O5. The molecule has 0 aromatic heterocycles. The number of allylic oxidation sites excluding steroid dienone is 2. The Morgan fingerprint density at radius 2 is 1.90 bits per heavy atom. The number of aliphatic hydroxyl groups excluding tert-OH is 2. The summed E-state index contributed by atoms with van der Waals surface area (Å²) in [6.07, 6.45) is 4.81. The van der Waals surface area contributed by atoms with E-state index in [0.717, 1.165) is 0 Å². The van der Waals surface area contributed by atoms with Gasteiger partial charge >= 0.3 is 0 Å². The summed E-state index contributed by atoms with van der Waals surface area (Å²) in [5.74, 6) is 0.298. The lowest BCUT2D eigenvalue weighted by molar-refractivity contribution is 0.120. The lowest BCUT2D eigenvalue weighted by Crippen LogP contribution is -2.31. The fraction of sp³-hybridized carbons (Fsp3) is 0.333. The summed E-state index contributed by atoms with van der Waals surface area (Å²) in [6, 6.07) is 2.79. The lowest BCUT2D eigenvalue weighted by Gasteiger charge is -2.32. The van der Waals surface area contributed by atoms with E-state index in [9.17, 15) is 20.4 Å². The number of hydrogen-bond acceptors (Lipinski definition) is 5. The van der Waals surface area contributed by atoms with Gasteiger partial charge in [0, 0.05) is 30.0 Å². The van der Waals surface area contributed by atoms with Crippen molar-refractivity contribution in [2.45, 2.75) is 25.4 Å². The molecule has 4 N–H and O–H groups in total. The van der Waals surface area contributed by atoms with Crippen molar-refractivity contribution in [2.24, 2.45) is 5.92 Å². The minimum atomic E-state index is -0.157. The maximum atomic E-state index is 9.78. The average molecular weight is 276 g/mol. The van der Waals surface area contributed by atoms with Crippen LogP contribution >= 0.6 is 0 Å². The Kier molecular flexibility index (Phi) is 2.97. The number of rotatable bonds is 1. The Labute approximate surface area is 116 Å². The highest BCUT2D eigenvalue weighted by atomic mass is 16.5. The number of fused-ring (bicyclic) bond motifs is 1. The number of aromatic hydroxyl groups is 2. The quantitative estimate of drug-likeness (QED) is 0.633. The van der Waals surface area contributed by atoms with Crippen LogP contribution in [0, 0.1) is 5.92 Å². The third kappa shape index (κ3) is 2.15. The molecule has 0 amide bonds. The summed E-state index contributed by atoms with van der Waals surface area (Å²) in [6.45, 7) is 0. The van der Waals surface area contributed by atoms with Gasteiger partial charge in [-0.15, -0.1) is 0 Å². The fourth-order valence-corrected chi connectivity index (χ4v) is 2.75. The van der Waals surface area contributed by atoms with Crippen LogP contribution < -0.4 is 4.74 Å². The lowest BCUT2D eigenvalue weighted by atomic mass is 9.87. The minimum Gasteiger partial charge on any atom is -0.508 e. The Balaban J connectivity index is 1.81. The molecular weight excluding hydrogens is 260 g/mol. The van der Waals surface area contributed by atoms with Crippen LogP contribution in [0.25, 0.3) is 0 Å². The first kappa shape index (κ1) is 12.7. The monoisotopic (exact) mass is 276 g/mol. The minimum absolute atomic E-state index is 0.0364. The zero-order valence-corrected chi connectivity index (χ0v) is 10.8. The van der Waals surface area contributed by atoms with E-state index in [1.54, 1.807) is 0 Å². The molecule has 1 aromatic carbocycles. The molecule has 2 atom stereocenters. The van der Waals surface area contributed by atoms with Crippen LogP contribution in [-0.2, 0) is 6.42 Å². The van der Waals surface area contributed by atoms with Gasteiger partial charge in [-0.25, -0.2) is 0 Å². The van der Waals surface area contributed by atoms with Gasteiger partial charge in [0.25, 0.3) is 0 Å². The van der Waals surface area contributed by atoms with Crippen molar-refractivity contribution in [3.05, 3.63) is 41.4 Å². The van der Waals surface area contributed by atoms with E-state index in [0.29, 0.717) is 30.6 Å². The number of hydrogen-bond donors (Lipinski definition) is 4. The molecule has 0 spiro atoms. The Morgan fingerprint density at radius 1 is 1.10 bits per heavy atom. The molecule has 1 unspecified atom stereocenters. The summed E-state index contributed by atoms with van der Waals surface area (Å²) in [7, 11) is 0. The second-order valence-electron chi connectivity index (χ2n) is 5.20. The zero-order chi connectivity index (χ0) is 14.3. The third-order valence-corrected chi connectivity index (χ3v) is 3.83. The van der Waals surface area contributed by atoms with Gasteiger partial charge in [-0.05, 0) is 18.9 Å². The molecule has 0 radical (unpaired) electrons. The Hall–Kier alpha value is -2.30. The van der Waals surface area contributed by atoms with Crippen molar-refractivity contribution < 1.29 is 25.2 Å². The third-order valence-electron chi connectivity index (χ3n) is 3.83. The molecule has 1 aliphatic heterocycles. The normalized spacial score (nSPS) is 25.2. The molecule has 20 heavy (non-hydrogen) atoms. The van der Waals surface area contributed by atoms with Crippen molar-refractivity contribution >= 4 is 0 Å². The van der Waals surface area contributed by atoms with E-state index in [-0.39, 0.29) is 35.0 Å². The topological polar surface area (TPSA) is 90.2 Å². The number of benzene rings is 1. The Morgan fingerprint density at radius 3 is 2.65 bits per heavy atom. The molecule has 0 saturated heterocycles. The second-order valence-corrected chi connectivity index (χ2v) is 5.20. The van der Waals surface area contributed by atoms with Gasteiger partial charge in [0.1, 0.15) is 29.1 Å². The van der Waals surface area contributed by atoms with Crippen molar-refractivity contribution in [3.8, 4) is 17.2 Å². The summed E-state index contributed by atoms with van der Waals surface area (Å²) >= 11 is 0. The molecule has 0 bridgehead atoms. The van der Waals surface area contributed by atoms with E-state index in [1.165, 1.54) is 18.2 Å². The van der Waals surface area contributed by atoms with Gasteiger partial charge in [0.15, 0.2) is 5.76 Å². The molecule has 1 heterocycles. The summed E-state index contributed by atoms with van der Waals surface area (Å²) < 4.78 is 5.83. The number of phenolic OH excluding ortho intramolecular Hbond substituents is 2. The van der Waals surface area contributed by atoms with Gasteiger partial charge in [0.05, 0.1) is 0 Å².